The van der Waals surface area contributed by atoms with E-state index in [4.69, 9.17) is 4.74 Å². The second-order valence-corrected chi connectivity index (χ2v) is 5.56. The zero-order chi connectivity index (χ0) is 16.2. The normalized spacial score (nSPS) is 10.3. The van der Waals surface area contributed by atoms with Crippen LogP contribution in [0.4, 0.5) is 10.1 Å². The number of aromatic nitrogens is 1. The molecule has 0 saturated heterocycles. The average molecular weight is 328 g/mol. The minimum Gasteiger partial charge on any atom is -0.497 e. The second-order valence-electron chi connectivity index (χ2n) is 4.70. The number of nitrogens with zero attached hydrogens (tertiary/aromatic N) is 1. The summed E-state index contributed by atoms with van der Waals surface area (Å²) >= 11 is 1.34. The summed E-state index contributed by atoms with van der Waals surface area (Å²) in [5.41, 5.74) is 1.24. The summed E-state index contributed by atoms with van der Waals surface area (Å²) in [6, 6.07) is 13.4. The molecule has 1 heterocycles. The van der Waals surface area contributed by atoms with E-state index in [9.17, 15) is 9.18 Å². The third-order valence-corrected chi connectivity index (χ3v) is 4.07. The summed E-state index contributed by atoms with van der Waals surface area (Å²) in [5.74, 6) is -0.209. The highest BCUT2D eigenvalue weighted by atomic mass is 32.1. The van der Waals surface area contributed by atoms with Gasteiger partial charge in [-0.25, -0.2) is 9.37 Å². The molecule has 6 heteroatoms. The van der Waals surface area contributed by atoms with Gasteiger partial charge in [0.15, 0.2) is 0 Å². The third kappa shape index (κ3) is 3.37. The van der Waals surface area contributed by atoms with Crippen molar-refractivity contribution in [3.05, 3.63) is 65.4 Å². The summed E-state index contributed by atoms with van der Waals surface area (Å²) in [7, 11) is 1.59. The van der Waals surface area contributed by atoms with Crippen LogP contribution in [0.3, 0.4) is 0 Å². The molecule has 4 nitrogen and oxygen atoms in total. The Labute approximate surface area is 136 Å². The molecule has 0 radical (unpaired) electrons. The van der Waals surface area contributed by atoms with Crippen LogP contribution in [0.25, 0.3) is 10.6 Å². The Morgan fingerprint density at radius 2 is 2.04 bits per heavy atom. The lowest BCUT2D eigenvalue weighted by Gasteiger charge is -2.04. The topological polar surface area (TPSA) is 51.2 Å². The lowest BCUT2D eigenvalue weighted by molar-refractivity contribution is 0.102. The number of carbonyl (C=O) groups is 1. The van der Waals surface area contributed by atoms with E-state index in [0.717, 1.165) is 11.3 Å². The third-order valence-electron chi connectivity index (χ3n) is 3.18. The van der Waals surface area contributed by atoms with Crippen molar-refractivity contribution in [2.24, 2.45) is 0 Å². The van der Waals surface area contributed by atoms with Crippen molar-refractivity contribution in [1.29, 1.82) is 0 Å². The summed E-state index contributed by atoms with van der Waals surface area (Å²) in [4.78, 5) is 16.5. The monoisotopic (exact) mass is 328 g/mol. The average Bonchev–Trinajstić information content (AvgIpc) is 3.07. The van der Waals surface area contributed by atoms with E-state index in [0.29, 0.717) is 5.01 Å². The van der Waals surface area contributed by atoms with Crippen molar-refractivity contribution in [2.45, 2.75) is 0 Å². The van der Waals surface area contributed by atoms with Gasteiger partial charge in [0.2, 0.25) is 0 Å². The summed E-state index contributed by atoms with van der Waals surface area (Å²) < 4.78 is 18.8. The molecule has 0 unspecified atom stereocenters. The van der Waals surface area contributed by atoms with E-state index >= 15 is 0 Å². The van der Waals surface area contributed by atoms with Gasteiger partial charge < -0.3 is 10.1 Å². The Hall–Kier alpha value is -2.73. The number of hydrogen-bond acceptors (Lipinski definition) is 4. The molecule has 1 amide bonds. The molecule has 3 rings (SSSR count). The van der Waals surface area contributed by atoms with Crippen molar-refractivity contribution < 1.29 is 13.9 Å². The number of thiazole rings is 1. The Balaban J connectivity index is 1.81. The molecule has 3 aromatic rings. The number of carbonyl (C=O) groups excluding carboxylic acids is 1. The van der Waals surface area contributed by atoms with Gasteiger partial charge in [0.05, 0.1) is 12.8 Å². The van der Waals surface area contributed by atoms with Crippen LogP contribution < -0.4 is 10.1 Å². The minimum absolute atomic E-state index is 0.133. The van der Waals surface area contributed by atoms with Crippen LogP contribution in [-0.4, -0.2) is 18.0 Å². The fourth-order valence-corrected chi connectivity index (χ4v) is 2.81. The summed E-state index contributed by atoms with van der Waals surface area (Å²) in [6.45, 7) is 0. The van der Waals surface area contributed by atoms with Crippen LogP contribution >= 0.6 is 11.3 Å². The van der Waals surface area contributed by atoms with Gasteiger partial charge in [0.1, 0.15) is 22.3 Å². The van der Waals surface area contributed by atoms with E-state index in [1.807, 2.05) is 24.3 Å². The minimum atomic E-state index is -0.482. The molecule has 0 fully saturated rings. The maximum absolute atomic E-state index is 13.6. The first-order valence-corrected chi connectivity index (χ1v) is 7.71. The van der Waals surface area contributed by atoms with Crippen molar-refractivity contribution in [3.63, 3.8) is 0 Å². The molecular formula is C17H13FN2O2S. The molecule has 23 heavy (non-hydrogen) atoms. The zero-order valence-electron chi connectivity index (χ0n) is 12.2. The number of ether oxygens (including phenoxy) is 1. The van der Waals surface area contributed by atoms with E-state index in [-0.39, 0.29) is 11.4 Å². The predicted molar refractivity (Wildman–Crippen MR) is 88.5 cm³/mol. The van der Waals surface area contributed by atoms with E-state index in [1.54, 1.807) is 24.6 Å². The first kappa shape index (κ1) is 15.2. The molecule has 0 aliphatic rings. The molecule has 2 aromatic carbocycles. The van der Waals surface area contributed by atoms with Gasteiger partial charge in [-0.15, -0.1) is 11.3 Å². The Bertz CT molecular complexity index is 848. The Morgan fingerprint density at radius 1 is 1.22 bits per heavy atom. The lowest BCUT2D eigenvalue weighted by Crippen LogP contribution is -2.13. The quantitative estimate of drug-likeness (QED) is 0.780. The first-order chi connectivity index (χ1) is 11.2. The smallest absolute Gasteiger partial charge is 0.275 e. The largest absolute Gasteiger partial charge is 0.497 e. The van der Waals surface area contributed by atoms with E-state index in [1.165, 1.54) is 23.5 Å². The highest BCUT2D eigenvalue weighted by Crippen LogP contribution is 2.27. The van der Waals surface area contributed by atoms with E-state index < -0.39 is 11.7 Å². The Morgan fingerprint density at radius 3 is 2.83 bits per heavy atom. The van der Waals surface area contributed by atoms with Gasteiger partial charge in [0, 0.05) is 10.9 Å². The van der Waals surface area contributed by atoms with Crippen molar-refractivity contribution in [2.75, 3.05) is 12.4 Å². The molecule has 1 aromatic heterocycles. The predicted octanol–water partition coefficient (Wildman–Crippen LogP) is 4.21. The molecule has 0 saturated carbocycles. The molecule has 0 atom stereocenters. The molecule has 0 spiro atoms. The van der Waals surface area contributed by atoms with Crippen LogP contribution in [0, 0.1) is 5.82 Å². The molecular weight excluding hydrogens is 315 g/mol. The van der Waals surface area contributed by atoms with E-state index in [2.05, 4.69) is 10.3 Å². The molecule has 0 aliphatic carbocycles. The number of hydrogen-bond donors (Lipinski definition) is 1. The van der Waals surface area contributed by atoms with Gasteiger partial charge in [0.25, 0.3) is 5.91 Å². The van der Waals surface area contributed by atoms with Gasteiger partial charge in [-0.1, -0.05) is 24.3 Å². The number of methoxy groups -OCH3 is 1. The fraction of sp³-hybridized carbons (Fsp3) is 0.0588. The number of amides is 1. The van der Waals surface area contributed by atoms with Crippen molar-refractivity contribution in [1.82, 2.24) is 4.98 Å². The molecule has 116 valence electrons. The molecule has 0 aliphatic heterocycles. The number of nitrogens with one attached hydrogen (secondary N) is 1. The summed E-state index contributed by atoms with van der Waals surface area (Å²) in [5, 5.41) is 4.86. The van der Waals surface area contributed by atoms with Gasteiger partial charge in [-0.3, -0.25) is 4.79 Å². The van der Waals surface area contributed by atoms with Crippen LogP contribution in [0.5, 0.6) is 5.75 Å². The lowest BCUT2D eigenvalue weighted by atomic mass is 10.2. The van der Waals surface area contributed by atoms with Crippen LogP contribution in [0.15, 0.2) is 53.9 Å². The SMILES string of the molecule is COc1cccc(-c2nc(C(=O)Nc3ccccc3F)cs2)c1. The Kier molecular flexibility index (Phi) is 4.34. The zero-order valence-corrected chi connectivity index (χ0v) is 13.1. The highest BCUT2D eigenvalue weighted by Gasteiger charge is 2.14. The standard InChI is InChI=1S/C17H13FN2O2S/c1-22-12-6-4-5-11(9-12)17-20-15(10-23-17)16(21)19-14-8-3-2-7-13(14)18/h2-10H,1H3,(H,19,21). The fourth-order valence-electron chi connectivity index (χ4n) is 2.02. The number of rotatable bonds is 4. The first-order valence-electron chi connectivity index (χ1n) is 6.83. The molecule has 1 N–H and O–H groups in total. The number of halogens is 1. The van der Waals surface area contributed by atoms with Gasteiger partial charge >= 0.3 is 0 Å². The maximum Gasteiger partial charge on any atom is 0.275 e. The van der Waals surface area contributed by atoms with Crippen LogP contribution in [-0.2, 0) is 0 Å². The maximum atomic E-state index is 13.6. The van der Waals surface area contributed by atoms with Gasteiger partial charge in [-0.05, 0) is 24.3 Å². The van der Waals surface area contributed by atoms with Crippen LogP contribution in [0.2, 0.25) is 0 Å². The van der Waals surface area contributed by atoms with Crippen molar-refractivity contribution >= 4 is 22.9 Å². The molecule has 0 bridgehead atoms. The second kappa shape index (κ2) is 6.58. The number of para-hydroxylation sites is 1. The van der Waals surface area contributed by atoms with Gasteiger partial charge in [-0.2, -0.15) is 0 Å². The highest BCUT2D eigenvalue weighted by molar-refractivity contribution is 7.13. The number of anilines is 1. The summed E-state index contributed by atoms with van der Waals surface area (Å²) in [6.07, 6.45) is 0. The van der Waals surface area contributed by atoms with Crippen molar-refractivity contribution in [3.8, 4) is 16.3 Å². The van der Waals surface area contributed by atoms with Crippen LogP contribution in [0.1, 0.15) is 10.5 Å². The number of benzene rings is 2.